The summed E-state index contributed by atoms with van der Waals surface area (Å²) in [5, 5.41) is 0. The van der Waals surface area contributed by atoms with E-state index in [-0.39, 0.29) is 0 Å². The van der Waals surface area contributed by atoms with E-state index in [1.165, 1.54) is 0 Å². The molecule has 0 rings (SSSR count). The molecule has 0 unspecified atom stereocenters. The van der Waals surface area contributed by atoms with E-state index < -0.39 is 8.80 Å². The van der Waals surface area contributed by atoms with Gasteiger partial charge in [-0.1, -0.05) is 6.92 Å². The van der Waals surface area contributed by atoms with Gasteiger partial charge in [-0.2, -0.15) is 0 Å². The Hall–Kier alpha value is -0.233. The molecule has 0 bridgehead atoms. The van der Waals surface area contributed by atoms with Gasteiger partial charge in [0.15, 0.2) is 0 Å². The minimum atomic E-state index is -2.46. The van der Waals surface area contributed by atoms with Crippen molar-refractivity contribution >= 4 is 14.6 Å². The Morgan fingerprint density at radius 2 is 1.60 bits per heavy atom. The van der Waals surface area contributed by atoms with Gasteiger partial charge in [-0.25, -0.2) is 0 Å². The molecule has 0 aliphatic rings. The number of carbonyl (C=O) groups is 1. The second-order valence-corrected chi connectivity index (χ2v) is 6.53. The summed E-state index contributed by atoms with van der Waals surface area (Å²) in [6, 6.07) is 0.700. The van der Waals surface area contributed by atoms with Gasteiger partial charge in [-0.05, 0) is 12.8 Å². The summed E-state index contributed by atoms with van der Waals surface area (Å²) < 4.78 is 15.8. The minimum Gasteiger partial charge on any atom is -0.377 e. The zero-order valence-corrected chi connectivity index (χ0v) is 11.2. The van der Waals surface area contributed by atoms with Gasteiger partial charge in [0, 0.05) is 40.2 Å². The monoisotopic (exact) mass is 234 g/mol. The summed E-state index contributed by atoms with van der Waals surface area (Å²) in [6.07, 6.45) is 2.96. The maximum absolute atomic E-state index is 11.3. The van der Waals surface area contributed by atoms with Gasteiger partial charge in [0.05, 0.1) is 0 Å². The second kappa shape index (κ2) is 7.98. The van der Waals surface area contributed by atoms with Crippen LogP contribution in [0.4, 0.5) is 0 Å². The third-order valence-electron chi connectivity index (χ3n) is 2.40. The highest BCUT2D eigenvalue weighted by Crippen LogP contribution is 2.16. The lowest BCUT2D eigenvalue weighted by Gasteiger charge is -2.23. The van der Waals surface area contributed by atoms with Crippen LogP contribution in [0.2, 0.25) is 6.04 Å². The van der Waals surface area contributed by atoms with Gasteiger partial charge in [0.25, 0.3) is 0 Å². The van der Waals surface area contributed by atoms with Gasteiger partial charge in [0.2, 0.25) is 0 Å². The Labute approximate surface area is 93.3 Å². The zero-order valence-electron chi connectivity index (χ0n) is 10.2. The van der Waals surface area contributed by atoms with Gasteiger partial charge < -0.3 is 13.3 Å². The average molecular weight is 234 g/mol. The zero-order chi connectivity index (χ0) is 11.7. The maximum atomic E-state index is 11.3. The summed E-state index contributed by atoms with van der Waals surface area (Å²) in [6.45, 7) is 2.01. The molecule has 0 atom stereocenters. The van der Waals surface area contributed by atoms with E-state index in [1.807, 2.05) is 6.92 Å². The first kappa shape index (κ1) is 14.8. The highest BCUT2D eigenvalue weighted by Gasteiger charge is 2.36. The Kier molecular flexibility index (Phi) is 7.86. The fourth-order valence-corrected chi connectivity index (χ4v) is 3.18. The van der Waals surface area contributed by atoms with Gasteiger partial charge >= 0.3 is 8.80 Å². The molecule has 4 nitrogen and oxygen atoms in total. The number of ketones is 1. The molecule has 0 aromatic carbocycles. The van der Waals surface area contributed by atoms with Crippen molar-refractivity contribution in [1.29, 1.82) is 0 Å². The summed E-state index contributed by atoms with van der Waals surface area (Å²) >= 11 is 0. The number of Topliss-reactive ketones (excluding diaryl/α,β-unsaturated/α-hetero) is 1. The number of carbonyl (C=O) groups excluding carboxylic acids is 1. The lowest BCUT2D eigenvalue weighted by atomic mass is 10.1. The molecule has 0 aliphatic heterocycles. The molecule has 0 heterocycles. The molecule has 0 aromatic heterocycles. The van der Waals surface area contributed by atoms with E-state index >= 15 is 0 Å². The molecule has 15 heavy (non-hydrogen) atoms. The summed E-state index contributed by atoms with van der Waals surface area (Å²) in [4.78, 5) is 11.3. The molecule has 0 spiro atoms. The lowest BCUT2D eigenvalue weighted by molar-refractivity contribution is -0.119. The summed E-state index contributed by atoms with van der Waals surface area (Å²) in [7, 11) is 2.31. The van der Waals surface area contributed by atoms with Crippen molar-refractivity contribution in [2.24, 2.45) is 0 Å². The summed E-state index contributed by atoms with van der Waals surface area (Å²) in [5.74, 6) is 0.309. The van der Waals surface area contributed by atoms with E-state index in [9.17, 15) is 4.79 Å². The van der Waals surface area contributed by atoms with Crippen molar-refractivity contribution in [3.05, 3.63) is 0 Å². The Morgan fingerprint density at radius 3 is 2.00 bits per heavy atom. The lowest BCUT2D eigenvalue weighted by Crippen LogP contribution is -2.42. The maximum Gasteiger partial charge on any atom is 0.500 e. The van der Waals surface area contributed by atoms with Crippen molar-refractivity contribution in [2.45, 2.75) is 38.7 Å². The van der Waals surface area contributed by atoms with Crippen LogP contribution in [0.1, 0.15) is 32.6 Å². The molecule has 0 radical (unpaired) electrons. The average Bonchev–Trinajstić information content (AvgIpc) is 2.25. The minimum absolute atomic E-state index is 0.309. The number of hydrogen-bond acceptors (Lipinski definition) is 4. The summed E-state index contributed by atoms with van der Waals surface area (Å²) in [5.41, 5.74) is 0. The van der Waals surface area contributed by atoms with Gasteiger partial charge in [-0.15, -0.1) is 0 Å². The Balaban J connectivity index is 3.85. The molecule has 0 saturated carbocycles. The fourth-order valence-electron chi connectivity index (χ4n) is 1.46. The van der Waals surface area contributed by atoms with Crippen LogP contribution in [0.5, 0.6) is 0 Å². The van der Waals surface area contributed by atoms with Gasteiger partial charge in [0.1, 0.15) is 5.78 Å². The topological polar surface area (TPSA) is 44.8 Å². The van der Waals surface area contributed by atoms with Gasteiger partial charge in [-0.3, -0.25) is 4.79 Å². The smallest absolute Gasteiger partial charge is 0.377 e. The Morgan fingerprint density at radius 1 is 1.07 bits per heavy atom. The normalized spacial score (nSPS) is 11.7. The van der Waals surface area contributed by atoms with Crippen molar-refractivity contribution in [3.8, 4) is 0 Å². The SMILES string of the molecule is CCCC(=O)CCC[Si](OC)(OC)OC. The van der Waals surface area contributed by atoms with Crippen LogP contribution in [-0.2, 0) is 18.1 Å². The van der Waals surface area contributed by atoms with E-state index in [0.29, 0.717) is 24.7 Å². The Bertz CT molecular complexity index is 172. The van der Waals surface area contributed by atoms with Crippen LogP contribution in [0, 0.1) is 0 Å². The van der Waals surface area contributed by atoms with Crippen molar-refractivity contribution in [1.82, 2.24) is 0 Å². The molecule has 0 fully saturated rings. The molecular formula is C10H22O4Si. The molecule has 0 saturated heterocycles. The second-order valence-electron chi connectivity index (χ2n) is 3.44. The van der Waals surface area contributed by atoms with Crippen LogP contribution >= 0.6 is 0 Å². The van der Waals surface area contributed by atoms with Crippen LogP contribution < -0.4 is 0 Å². The van der Waals surface area contributed by atoms with Crippen LogP contribution in [0.3, 0.4) is 0 Å². The predicted molar refractivity (Wildman–Crippen MR) is 60.7 cm³/mol. The third-order valence-corrected chi connectivity index (χ3v) is 5.23. The standard InChI is InChI=1S/C10H22O4Si/c1-5-7-10(11)8-6-9-15(12-2,13-3)14-4/h5-9H2,1-4H3. The highest BCUT2D eigenvalue weighted by molar-refractivity contribution is 6.60. The predicted octanol–water partition coefficient (Wildman–Crippen LogP) is 2.01. The molecular weight excluding hydrogens is 212 g/mol. The molecule has 0 amide bonds. The fraction of sp³-hybridized carbons (Fsp3) is 0.900. The molecule has 90 valence electrons. The van der Waals surface area contributed by atoms with Crippen molar-refractivity contribution in [2.75, 3.05) is 21.3 Å². The molecule has 0 N–H and O–H groups in total. The van der Waals surface area contributed by atoms with Crippen LogP contribution in [0.15, 0.2) is 0 Å². The molecule has 0 aliphatic carbocycles. The van der Waals surface area contributed by atoms with E-state index in [0.717, 1.165) is 12.8 Å². The molecule has 5 heteroatoms. The van der Waals surface area contributed by atoms with E-state index in [1.54, 1.807) is 21.3 Å². The first-order valence-corrected chi connectivity index (χ1v) is 7.24. The number of hydrogen-bond donors (Lipinski definition) is 0. The van der Waals surface area contributed by atoms with Crippen molar-refractivity contribution < 1.29 is 18.1 Å². The van der Waals surface area contributed by atoms with E-state index in [2.05, 4.69) is 0 Å². The quantitative estimate of drug-likeness (QED) is 0.573. The van der Waals surface area contributed by atoms with E-state index in [4.69, 9.17) is 13.3 Å². The van der Waals surface area contributed by atoms with Crippen molar-refractivity contribution in [3.63, 3.8) is 0 Å². The number of rotatable bonds is 9. The van der Waals surface area contributed by atoms with Crippen LogP contribution in [0.25, 0.3) is 0 Å². The largest absolute Gasteiger partial charge is 0.500 e. The molecule has 0 aromatic rings. The van der Waals surface area contributed by atoms with Crippen LogP contribution in [-0.4, -0.2) is 35.9 Å². The first-order chi connectivity index (χ1) is 7.14. The third kappa shape index (κ3) is 5.41. The first-order valence-electron chi connectivity index (χ1n) is 5.31. The highest BCUT2D eigenvalue weighted by atomic mass is 28.4.